The van der Waals surface area contributed by atoms with Crippen LogP contribution in [0.25, 0.3) is 0 Å². The Bertz CT molecular complexity index is 662. The van der Waals surface area contributed by atoms with E-state index in [4.69, 9.17) is 11.6 Å². The van der Waals surface area contributed by atoms with Crippen molar-refractivity contribution < 1.29 is 4.79 Å². The second kappa shape index (κ2) is 5.71. The number of ketones is 1. The summed E-state index contributed by atoms with van der Waals surface area (Å²) in [5, 5.41) is 0.616. The zero-order valence-electron chi connectivity index (χ0n) is 10.9. The Hall–Kier alpha value is -1.12. The van der Waals surface area contributed by atoms with Crippen LogP contribution in [0.15, 0.2) is 46.9 Å². The van der Waals surface area contributed by atoms with Crippen molar-refractivity contribution in [2.24, 2.45) is 0 Å². The summed E-state index contributed by atoms with van der Waals surface area (Å²) in [6.07, 6.45) is 3.78. The van der Waals surface area contributed by atoms with Crippen LogP contribution >= 0.6 is 27.5 Å². The van der Waals surface area contributed by atoms with Gasteiger partial charge in [-0.05, 0) is 64.5 Å². The van der Waals surface area contributed by atoms with E-state index in [1.165, 1.54) is 24.8 Å². The zero-order valence-corrected chi connectivity index (χ0v) is 13.2. The number of benzene rings is 2. The van der Waals surface area contributed by atoms with E-state index in [-0.39, 0.29) is 5.78 Å². The van der Waals surface area contributed by atoms with Crippen molar-refractivity contribution >= 4 is 33.3 Å². The predicted octanol–water partition coefficient (Wildman–Crippen LogP) is 5.60. The molecule has 0 bridgehead atoms. The lowest BCUT2D eigenvalue weighted by Gasteiger charge is -2.26. The van der Waals surface area contributed by atoms with Crippen molar-refractivity contribution in [1.29, 1.82) is 0 Å². The molecule has 0 unspecified atom stereocenters. The highest BCUT2D eigenvalue weighted by Crippen LogP contribution is 2.36. The summed E-state index contributed by atoms with van der Waals surface area (Å²) in [7, 11) is 0. The molecule has 0 amide bonds. The van der Waals surface area contributed by atoms with Gasteiger partial charge in [0, 0.05) is 15.6 Å². The van der Waals surface area contributed by atoms with E-state index in [9.17, 15) is 4.79 Å². The van der Waals surface area contributed by atoms with Gasteiger partial charge in [-0.1, -0.05) is 36.2 Å². The van der Waals surface area contributed by atoms with Crippen LogP contribution in [0.1, 0.15) is 46.7 Å². The molecule has 1 aliphatic carbocycles. The predicted molar refractivity (Wildman–Crippen MR) is 85.6 cm³/mol. The molecular formula is C17H14BrClO. The Balaban J connectivity index is 1.91. The van der Waals surface area contributed by atoms with Crippen LogP contribution in [0.4, 0.5) is 0 Å². The molecule has 0 atom stereocenters. The molecular weight excluding hydrogens is 336 g/mol. The summed E-state index contributed by atoms with van der Waals surface area (Å²) in [4.78, 5) is 12.5. The number of halogens is 2. The summed E-state index contributed by atoms with van der Waals surface area (Å²) < 4.78 is 0.750. The lowest BCUT2D eigenvalue weighted by atomic mass is 9.79. The third-order valence-electron chi connectivity index (χ3n) is 3.91. The molecule has 1 saturated carbocycles. The summed E-state index contributed by atoms with van der Waals surface area (Å²) in [6, 6.07) is 13.3. The van der Waals surface area contributed by atoms with Crippen molar-refractivity contribution in [2.75, 3.05) is 0 Å². The standard InChI is InChI=1S/C17H14BrClO/c18-15-10-14(7-8-16(15)19)17(20)13-6-2-5-12(9-13)11-3-1-4-11/h2,5-11H,1,3-4H2. The molecule has 0 heterocycles. The summed E-state index contributed by atoms with van der Waals surface area (Å²) in [5.41, 5.74) is 2.70. The largest absolute Gasteiger partial charge is 0.289 e. The lowest BCUT2D eigenvalue weighted by molar-refractivity contribution is 0.103. The van der Waals surface area contributed by atoms with Gasteiger partial charge in [0.25, 0.3) is 0 Å². The Morgan fingerprint density at radius 3 is 2.50 bits per heavy atom. The maximum atomic E-state index is 12.5. The molecule has 2 aromatic carbocycles. The van der Waals surface area contributed by atoms with E-state index >= 15 is 0 Å². The number of carbonyl (C=O) groups excluding carboxylic acids is 1. The van der Waals surface area contributed by atoms with Gasteiger partial charge in [-0.25, -0.2) is 0 Å². The van der Waals surface area contributed by atoms with Gasteiger partial charge in [-0.2, -0.15) is 0 Å². The summed E-state index contributed by atoms with van der Waals surface area (Å²) >= 11 is 9.33. The highest BCUT2D eigenvalue weighted by atomic mass is 79.9. The van der Waals surface area contributed by atoms with E-state index in [1.54, 1.807) is 18.2 Å². The van der Waals surface area contributed by atoms with Crippen LogP contribution in [0.5, 0.6) is 0 Å². The van der Waals surface area contributed by atoms with Crippen LogP contribution in [0, 0.1) is 0 Å². The Morgan fingerprint density at radius 1 is 1.10 bits per heavy atom. The SMILES string of the molecule is O=C(c1cccc(C2CCC2)c1)c1ccc(Cl)c(Br)c1. The van der Waals surface area contributed by atoms with E-state index in [0.717, 1.165) is 10.0 Å². The Morgan fingerprint density at radius 2 is 1.85 bits per heavy atom. The molecule has 0 spiro atoms. The van der Waals surface area contributed by atoms with Crippen molar-refractivity contribution in [3.63, 3.8) is 0 Å². The zero-order chi connectivity index (χ0) is 14.1. The maximum absolute atomic E-state index is 12.5. The topological polar surface area (TPSA) is 17.1 Å². The highest BCUT2D eigenvalue weighted by molar-refractivity contribution is 9.10. The molecule has 20 heavy (non-hydrogen) atoms. The molecule has 0 aromatic heterocycles. The summed E-state index contributed by atoms with van der Waals surface area (Å²) in [5.74, 6) is 0.684. The number of hydrogen-bond acceptors (Lipinski definition) is 1. The first kappa shape index (κ1) is 13.8. The van der Waals surface area contributed by atoms with Crippen LogP contribution in [-0.4, -0.2) is 5.78 Å². The van der Waals surface area contributed by atoms with Gasteiger partial charge in [-0.15, -0.1) is 0 Å². The molecule has 1 aliphatic rings. The smallest absolute Gasteiger partial charge is 0.193 e. The molecule has 3 heteroatoms. The second-order valence-corrected chi connectivity index (χ2v) is 6.47. The normalized spacial score (nSPS) is 14.9. The van der Waals surface area contributed by atoms with Gasteiger partial charge in [0.15, 0.2) is 5.78 Å². The fourth-order valence-corrected chi connectivity index (χ4v) is 2.98. The van der Waals surface area contributed by atoms with Crippen molar-refractivity contribution in [2.45, 2.75) is 25.2 Å². The van der Waals surface area contributed by atoms with Crippen LogP contribution < -0.4 is 0 Å². The van der Waals surface area contributed by atoms with Gasteiger partial charge in [0.1, 0.15) is 0 Å². The molecule has 2 aromatic rings. The van der Waals surface area contributed by atoms with E-state index < -0.39 is 0 Å². The molecule has 0 N–H and O–H groups in total. The molecule has 0 radical (unpaired) electrons. The van der Waals surface area contributed by atoms with E-state index in [2.05, 4.69) is 22.0 Å². The quantitative estimate of drug-likeness (QED) is 0.659. The second-order valence-electron chi connectivity index (χ2n) is 5.21. The minimum Gasteiger partial charge on any atom is -0.289 e. The first-order valence-corrected chi connectivity index (χ1v) is 7.92. The summed E-state index contributed by atoms with van der Waals surface area (Å²) in [6.45, 7) is 0. The highest BCUT2D eigenvalue weighted by Gasteiger charge is 2.20. The lowest BCUT2D eigenvalue weighted by Crippen LogP contribution is -2.10. The minimum absolute atomic E-state index is 0.0449. The van der Waals surface area contributed by atoms with Gasteiger partial charge < -0.3 is 0 Å². The van der Waals surface area contributed by atoms with Crippen molar-refractivity contribution in [3.8, 4) is 0 Å². The van der Waals surface area contributed by atoms with Crippen LogP contribution in [0.3, 0.4) is 0 Å². The molecule has 1 nitrogen and oxygen atoms in total. The molecule has 1 fully saturated rings. The maximum Gasteiger partial charge on any atom is 0.193 e. The number of carbonyl (C=O) groups is 1. The first-order valence-electron chi connectivity index (χ1n) is 6.75. The number of hydrogen-bond donors (Lipinski definition) is 0. The molecule has 102 valence electrons. The van der Waals surface area contributed by atoms with Gasteiger partial charge in [0.05, 0.1) is 5.02 Å². The fourth-order valence-electron chi connectivity index (χ4n) is 2.48. The average molecular weight is 350 g/mol. The average Bonchev–Trinajstić information content (AvgIpc) is 2.39. The van der Waals surface area contributed by atoms with Crippen LogP contribution in [0.2, 0.25) is 5.02 Å². The molecule has 3 rings (SSSR count). The Kier molecular flexibility index (Phi) is 3.95. The van der Waals surface area contributed by atoms with E-state index in [1.807, 2.05) is 18.2 Å². The van der Waals surface area contributed by atoms with Gasteiger partial charge >= 0.3 is 0 Å². The third-order valence-corrected chi connectivity index (χ3v) is 5.12. The van der Waals surface area contributed by atoms with Crippen LogP contribution in [-0.2, 0) is 0 Å². The van der Waals surface area contributed by atoms with E-state index in [0.29, 0.717) is 16.5 Å². The Labute approximate surface area is 132 Å². The van der Waals surface area contributed by atoms with Crippen molar-refractivity contribution in [1.82, 2.24) is 0 Å². The molecule has 0 aliphatic heterocycles. The number of rotatable bonds is 3. The monoisotopic (exact) mass is 348 g/mol. The van der Waals surface area contributed by atoms with Crippen molar-refractivity contribution in [3.05, 3.63) is 68.7 Å². The third kappa shape index (κ3) is 2.68. The van der Waals surface area contributed by atoms with Gasteiger partial charge in [-0.3, -0.25) is 4.79 Å². The first-order chi connectivity index (χ1) is 9.65. The minimum atomic E-state index is 0.0449. The fraction of sp³-hybridized carbons (Fsp3) is 0.235. The molecule has 0 saturated heterocycles. The van der Waals surface area contributed by atoms with Gasteiger partial charge in [0.2, 0.25) is 0 Å².